The van der Waals surface area contributed by atoms with Crippen LogP contribution in [0.2, 0.25) is 0 Å². The van der Waals surface area contributed by atoms with Crippen LogP contribution in [0.15, 0.2) is 91.0 Å². The summed E-state index contributed by atoms with van der Waals surface area (Å²) in [6, 6.07) is 29.8. The summed E-state index contributed by atoms with van der Waals surface area (Å²) in [6.07, 6.45) is -3.74. The Morgan fingerprint density at radius 2 is 1.17 bits per heavy atom. The first-order valence-electron chi connectivity index (χ1n) is 12.5. The lowest BCUT2D eigenvalue weighted by Gasteiger charge is -2.44. The van der Waals surface area contributed by atoms with E-state index in [0.717, 1.165) is 16.7 Å². The Morgan fingerprint density at radius 3 is 1.67 bits per heavy atom. The van der Waals surface area contributed by atoms with Crippen LogP contribution in [0.5, 0.6) is 0 Å². The molecule has 1 saturated heterocycles. The van der Waals surface area contributed by atoms with E-state index in [-0.39, 0.29) is 12.7 Å². The topological polar surface area (TPSA) is 66.4 Å². The first-order valence-corrected chi connectivity index (χ1v) is 12.5. The third-order valence-corrected chi connectivity index (χ3v) is 5.99. The molecule has 0 aliphatic carbocycles. The Balaban J connectivity index is 1.52. The van der Waals surface area contributed by atoms with Gasteiger partial charge in [-0.15, -0.1) is 0 Å². The van der Waals surface area contributed by atoms with Crippen molar-refractivity contribution in [3.05, 3.63) is 108 Å². The van der Waals surface area contributed by atoms with Gasteiger partial charge in [0.15, 0.2) is 6.29 Å². The lowest BCUT2D eigenvalue weighted by molar-refractivity contribution is -0.325. The molecular formula is C30H36O6. The lowest BCUT2D eigenvalue weighted by Crippen LogP contribution is -2.61. The molecular weight excluding hydrogens is 456 g/mol. The van der Waals surface area contributed by atoms with Gasteiger partial charge < -0.3 is 28.8 Å². The van der Waals surface area contributed by atoms with Crippen molar-refractivity contribution < 1.29 is 28.8 Å². The molecule has 6 nitrogen and oxygen atoms in total. The molecule has 1 aliphatic heterocycles. The molecule has 1 heterocycles. The van der Waals surface area contributed by atoms with Gasteiger partial charge >= 0.3 is 0 Å². The van der Waals surface area contributed by atoms with Crippen LogP contribution >= 0.6 is 0 Å². The van der Waals surface area contributed by atoms with Crippen LogP contribution in [0.3, 0.4) is 0 Å². The molecule has 6 heteroatoms. The Kier molecular flexibility index (Phi) is 10.0. The van der Waals surface area contributed by atoms with Gasteiger partial charge in [-0.25, -0.2) is 0 Å². The van der Waals surface area contributed by atoms with Gasteiger partial charge in [0.25, 0.3) is 0 Å². The minimum Gasteiger partial charge on any atom is -0.385 e. The molecule has 3 aromatic carbocycles. The van der Waals surface area contributed by atoms with Crippen molar-refractivity contribution in [1.29, 1.82) is 0 Å². The van der Waals surface area contributed by atoms with E-state index in [0.29, 0.717) is 19.8 Å². The monoisotopic (exact) mass is 492 g/mol. The largest absolute Gasteiger partial charge is 0.385 e. The van der Waals surface area contributed by atoms with Crippen LogP contribution in [-0.4, -0.2) is 48.5 Å². The molecule has 5 atom stereocenters. The third kappa shape index (κ3) is 7.71. The first-order chi connectivity index (χ1) is 17.6. The highest BCUT2D eigenvalue weighted by Crippen LogP contribution is 2.29. The summed E-state index contributed by atoms with van der Waals surface area (Å²) >= 11 is 0. The van der Waals surface area contributed by atoms with E-state index in [1.165, 1.54) is 0 Å². The quantitative estimate of drug-likeness (QED) is 0.389. The number of aliphatic hydroxyl groups is 1. The minimum absolute atomic E-state index is 0.132. The molecule has 0 unspecified atom stereocenters. The second-order valence-electron chi connectivity index (χ2n) is 9.24. The van der Waals surface area contributed by atoms with Crippen molar-refractivity contribution in [2.75, 3.05) is 6.61 Å². The van der Waals surface area contributed by atoms with Crippen LogP contribution in [0, 0.1) is 0 Å². The van der Waals surface area contributed by atoms with E-state index in [1.807, 2.05) is 105 Å². The fourth-order valence-corrected chi connectivity index (χ4v) is 4.20. The van der Waals surface area contributed by atoms with Crippen molar-refractivity contribution in [3.63, 3.8) is 0 Å². The summed E-state index contributed by atoms with van der Waals surface area (Å²) in [6.45, 7) is 5.23. The highest BCUT2D eigenvalue weighted by Gasteiger charge is 2.47. The van der Waals surface area contributed by atoms with E-state index < -0.39 is 30.7 Å². The van der Waals surface area contributed by atoms with Crippen molar-refractivity contribution >= 4 is 0 Å². The summed E-state index contributed by atoms with van der Waals surface area (Å²) in [4.78, 5) is 0. The molecule has 4 rings (SSSR count). The summed E-state index contributed by atoms with van der Waals surface area (Å²) in [7, 11) is 0. The number of aliphatic hydroxyl groups excluding tert-OH is 1. The van der Waals surface area contributed by atoms with E-state index >= 15 is 0 Å². The number of hydrogen-bond donors (Lipinski definition) is 1. The van der Waals surface area contributed by atoms with Gasteiger partial charge in [0.05, 0.1) is 32.5 Å². The predicted molar refractivity (Wildman–Crippen MR) is 137 cm³/mol. The summed E-state index contributed by atoms with van der Waals surface area (Å²) in [5.74, 6) is 0. The van der Waals surface area contributed by atoms with Gasteiger partial charge in [-0.05, 0) is 30.5 Å². The maximum atomic E-state index is 11.2. The molecule has 0 radical (unpaired) electrons. The summed E-state index contributed by atoms with van der Waals surface area (Å²) in [5, 5.41) is 11.2. The third-order valence-electron chi connectivity index (χ3n) is 5.99. The zero-order valence-electron chi connectivity index (χ0n) is 20.9. The molecule has 0 amide bonds. The second kappa shape index (κ2) is 13.7. The normalized spacial score (nSPS) is 24.2. The van der Waals surface area contributed by atoms with E-state index in [1.54, 1.807) is 0 Å². The summed E-state index contributed by atoms with van der Waals surface area (Å²) < 4.78 is 30.9. The lowest BCUT2D eigenvalue weighted by atomic mass is 9.98. The molecule has 3 aromatic rings. The average molecular weight is 493 g/mol. The van der Waals surface area contributed by atoms with Gasteiger partial charge in [-0.2, -0.15) is 0 Å². The molecule has 1 fully saturated rings. The second-order valence-corrected chi connectivity index (χ2v) is 9.24. The van der Waals surface area contributed by atoms with Gasteiger partial charge in [0.2, 0.25) is 0 Å². The zero-order chi connectivity index (χ0) is 25.2. The molecule has 0 bridgehead atoms. The highest BCUT2D eigenvalue weighted by atomic mass is 16.7. The standard InChI is InChI=1S/C30H36O6/c1-22(2)35-30-27(31)29(34-20-25-16-10-5-11-17-25)28(33-19-24-14-8-4-9-15-24)26(36-30)21-32-18-23-12-6-3-7-13-23/h3-17,22,26-31H,18-21H2,1-2H3/t26-,27-,28+,29-,30-/m1/s1. The predicted octanol–water partition coefficient (Wildman–Crippen LogP) is 4.88. The van der Waals surface area contributed by atoms with Crippen molar-refractivity contribution in [1.82, 2.24) is 0 Å². The van der Waals surface area contributed by atoms with Crippen molar-refractivity contribution in [2.24, 2.45) is 0 Å². The highest BCUT2D eigenvalue weighted by molar-refractivity contribution is 5.15. The number of benzene rings is 3. The van der Waals surface area contributed by atoms with Crippen LogP contribution in [0.25, 0.3) is 0 Å². The maximum Gasteiger partial charge on any atom is 0.186 e. The fourth-order valence-electron chi connectivity index (χ4n) is 4.20. The van der Waals surface area contributed by atoms with Crippen LogP contribution in [0.4, 0.5) is 0 Å². The Bertz CT molecular complexity index is 998. The molecule has 0 spiro atoms. The van der Waals surface area contributed by atoms with Crippen molar-refractivity contribution in [2.45, 2.75) is 70.5 Å². The first kappa shape index (κ1) is 26.5. The Hall–Kier alpha value is -2.58. The molecule has 192 valence electrons. The van der Waals surface area contributed by atoms with Crippen molar-refractivity contribution in [3.8, 4) is 0 Å². The number of hydrogen-bond acceptors (Lipinski definition) is 6. The Morgan fingerprint density at radius 1 is 0.694 bits per heavy atom. The smallest absolute Gasteiger partial charge is 0.186 e. The molecule has 0 saturated carbocycles. The van der Waals surface area contributed by atoms with Gasteiger partial charge in [0.1, 0.15) is 24.4 Å². The number of ether oxygens (including phenoxy) is 5. The molecule has 1 aliphatic rings. The van der Waals surface area contributed by atoms with Gasteiger partial charge in [-0.1, -0.05) is 91.0 Å². The minimum atomic E-state index is -1.03. The fraction of sp³-hybridized carbons (Fsp3) is 0.400. The van der Waals surface area contributed by atoms with Gasteiger partial charge in [0, 0.05) is 0 Å². The van der Waals surface area contributed by atoms with Crippen LogP contribution in [-0.2, 0) is 43.5 Å². The van der Waals surface area contributed by atoms with Crippen LogP contribution in [0.1, 0.15) is 30.5 Å². The molecule has 0 aromatic heterocycles. The Labute approximate surface area is 213 Å². The van der Waals surface area contributed by atoms with Crippen LogP contribution < -0.4 is 0 Å². The number of rotatable bonds is 12. The average Bonchev–Trinajstić information content (AvgIpc) is 2.90. The van der Waals surface area contributed by atoms with Gasteiger partial charge in [-0.3, -0.25) is 0 Å². The van der Waals surface area contributed by atoms with E-state index in [4.69, 9.17) is 23.7 Å². The van der Waals surface area contributed by atoms with E-state index in [2.05, 4.69) is 0 Å². The van der Waals surface area contributed by atoms with E-state index in [9.17, 15) is 5.11 Å². The SMILES string of the molecule is CC(C)O[C@@H]1O[C@H](COCc2ccccc2)[C@H](OCc2ccccc2)[C@H](OCc2ccccc2)[C@H]1O. The maximum absolute atomic E-state index is 11.2. The zero-order valence-corrected chi connectivity index (χ0v) is 20.9. The summed E-state index contributed by atoms with van der Waals surface area (Å²) in [5.41, 5.74) is 3.11. The molecule has 36 heavy (non-hydrogen) atoms. The molecule has 1 N–H and O–H groups in total.